The molecule has 0 saturated carbocycles. The highest BCUT2D eigenvalue weighted by Gasteiger charge is 2.29. The van der Waals surface area contributed by atoms with Crippen LogP contribution in [0.25, 0.3) is 0 Å². The van der Waals surface area contributed by atoms with Crippen molar-refractivity contribution in [3.8, 4) is 0 Å². The summed E-state index contributed by atoms with van der Waals surface area (Å²) in [7, 11) is 0. The van der Waals surface area contributed by atoms with Gasteiger partial charge in [-0.15, -0.1) is 12.4 Å². The van der Waals surface area contributed by atoms with Crippen molar-refractivity contribution >= 4 is 29.9 Å². The molecule has 0 aromatic heterocycles. The summed E-state index contributed by atoms with van der Waals surface area (Å²) in [5, 5.41) is 9.44. The normalized spacial score (nSPS) is 23.1. The van der Waals surface area contributed by atoms with E-state index in [1.807, 2.05) is 32.9 Å². The second kappa shape index (κ2) is 11.0. The van der Waals surface area contributed by atoms with Gasteiger partial charge in [0, 0.05) is 18.8 Å². The topological polar surface area (TPSA) is 73.5 Å². The third-order valence-corrected chi connectivity index (χ3v) is 6.07. The molecule has 0 spiro atoms. The molecule has 3 N–H and O–H groups in total. The fourth-order valence-electron chi connectivity index (χ4n) is 4.17. The van der Waals surface area contributed by atoms with Crippen molar-refractivity contribution in [2.45, 2.75) is 58.5 Å². The first-order chi connectivity index (χ1) is 13.4. The van der Waals surface area contributed by atoms with Crippen LogP contribution in [-0.4, -0.2) is 55.0 Å². The van der Waals surface area contributed by atoms with Gasteiger partial charge < -0.3 is 16.0 Å². The Kier molecular flexibility index (Phi) is 8.93. The van der Waals surface area contributed by atoms with Gasteiger partial charge in [-0.25, -0.2) is 0 Å². The van der Waals surface area contributed by atoms with Crippen LogP contribution in [-0.2, 0) is 9.59 Å². The average Bonchev–Trinajstić information content (AvgIpc) is 3.23. The third-order valence-electron chi connectivity index (χ3n) is 6.07. The van der Waals surface area contributed by atoms with E-state index in [-0.39, 0.29) is 36.3 Å². The van der Waals surface area contributed by atoms with Crippen LogP contribution in [0, 0.1) is 19.8 Å². The molecule has 7 heteroatoms. The molecule has 2 saturated heterocycles. The van der Waals surface area contributed by atoms with E-state index in [9.17, 15) is 9.59 Å². The summed E-state index contributed by atoms with van der Waals surface area (Å²) < 4.78 is 0. The molecule has 1 aromatic carbocycles. The molecule has 2 aliphatic heterocycles. The molecular formula is C22H35ClN4O2. The predicted molar refractivity (Wildman–Crippen MR) is 120 cm³/mol. The first kappa shape index (κ1) is 23.6. The van der Waals surface area contributed by atoms with Crippen LogP contribution in [0.3, 0.4) is 0 Å². The zero-order valence-corrected chi connectivity index (χ0v) is 18.6. The highest BCUT2D eigenvalue weighted by molar-refractivity contribution is 5.95. The summed E-state index contributed by atoms with van der Waals surface area (Å²) in [5.74, 6) is 0.555. The Morgan fingerprint density at radius 1 is 1.24 bits per heavy atom. The van der Waals surface area contributed by atoms with Crippen molar-refractivity contribution in [3.05, 3.63) is 29.3 Å². The maximum atomic E-state index is 12.8. The Morgan fingerprint density at radius 2 is 2.03 bits per heavy atom. The number of carbonyl (C=O) groups excluding carboxylic acids is 2. The molecule has 162 valence electrons. The van der Waals surface area contributed by atoms with Gasteiger partial charge in [-0.2, -0.15) is 0 Å². The molecule has 6 nitrogen and oxygen atoms in total. The Balaban J connectivity index is 0.00000300. The van der Waals surface area contributed by atoms with E-state index in [1.165, 1.54) is 0 Å². The highest BCUT2D eigenvalue weighted by atomic mass is 35.5. The van der Waals surface area contributed by atoms with Gasteiger partial charge in [-0.3, -0.25) is 14.5 Å². The highest BCUT2D eigenvalue weighted by Crippen LogP contribution is 2.21. The van der Waals surface area contributed by atoms with Crippen LogP contribution in [0.1, 0.15) is 43.7 Å². The number of anilines is 1. The number of nitrogens with zero attached hydrogens (tertiary/aromatic N) is 1. The lowest BCUT2D eigenvalue weighted by atomic mass is 9.96. The number of piperidine rings is 1. The predicted octanol–water partition coefficient (Wildman–Crippen LogP) is 2.63. The van der Waals surface area contributed by atoms with Gasteiger partial charge in [0.2, 0.25) is 11.8 Å². The average molecular weight is 423 g/mol. The fourth-order valence-corrected chi connectivity index (χ4v) is 4.17. The number of likely N-dealkylation sites (tertiary alicyclic amines) is 1. The maximum Gasteiger partial charge on any atom is 0.241 e. The molecular weight excluding hydrogens is 388 g/mol. The van der Waals surface area contributed by atoms with Crippen LogP contribution in [0.15, 0.2) is 18.2 Å². The van der Waals surface area contributed by atoms with Gasteiger partial charge in [0.1, 0.15) is 0 Å². The standard InChI is InChI=1S/C22H34N4O2.ClH/c1-15-8-9-16(2)20(12-15)25-21(27)17(3)26-11-5-6-18(14-26)13-24-22(28)19-7-4-10-23-19;/h8-9,12,17-19,23H,4-7,10-11,13-14H2,1-3H3,(H,24,28)(H,25,27);1H. The molecule has 1 aromatic rings. The largest absolute Gasteiger partial charge is 0.354 e. The van der Waals surface area contributed by atoms with Crippen LogP contribution in [0.2, 0.25) is 0 Å². The lowest BCUT2D eigenvalue weighted by Gasteiger charge is -2.36. The number of hydrogen-bond acceptors (Lipinski definition) is 4. The van der Waals surface area contributed by atoms with Crippen molar-refractivity contribution < 1.29 is 9.59 Å². The number of benzene rings is 1. The lowest BCUT2D eigenvalue weighted by Crippen LogP contribution is -2.50. The van der Waals surface area contributed by atoms with Crippen LogP contribution in [0.5, 0.6) is 0 Å². The van der Waals surface area contributed by atoms with Gasteiger partial charge in [0.05, 0.1) is 12.1 Å². The van der Waals surface area contributed by atoms with E-state index < -0.39 is 0 Å². The molecule has 2 fully saturated rings. The molecule has 0 aliphatic carbocycles. The van der Waals surface area contributed by atoms with Gasteiger partial charge in [-0.1, -0.05) is 12.1 Å². The van der Waals surface area contributed by atoms with Crippen molar-refractivity contribution in [1.82, 2.24) is 15.5 Å². The van der Waals surface area contributed by atoms with E-state index in [1.54, 1.807) is 0 Å². The van der Waals surface area contributed by atoms with E-state index in [4.69, 9.17) is 0 Å². The maximum absolute atomic E-state index is 12.8. The summed E-state index contributed by atoms with van der Waals surface area (Å²) in [6.07, 6.45) is 4.16. The summed E-state index contributed by atoms with van der Waals surface area (Å²) in [5.41, 5.74) is 3.10. The van der Waals surface area contributed by atoms with Gasteiger partial charge in [0.25, 0.3) is 0 Å². The number of halogens is 1. The van der Waals surface area contributed by atoms with Crippen molar-refractivity contribution in [1.29, 1.82) is 0 Å². The van der Waals surface area contributed by atoms with Crippen LogP contribution < -0.4 is 16.0 Å². The number of rotatable bonds is 6. The molecule has 0 bridgehead atoms. The summed E-state index contributed by atoms with van der Waals surface area (Å²) in [6.45, 7) is 9.42. The minimum absolute atomic E-state index is 0. The van der Waals surface area contributed by atoms with Crippen molar-refractivity contribution in [3.63, 3.8) is 0 Å². The Bertz CT molecular complexity index is 706. The lowest BCUT2D eigenvalue weighted by molar-refractivity contribution is -0.124. The number of nitrogens with one attached hydrogen (secondary N) is 3. The SMILES string of the molecule is Cc1ccc(C)c(NC(=O)C(C)N2CCCC(CNC(=O)C3CCCN3)C2)c1.Cl. The molecule has 2 amide bonds. The zero-order chi connectivity index (χ0) is 20.1. The Morgan fingerprint density at radius 3 is 2.76 bits per heavy atom. The molecule has 3 rings (SSSR count). The summed E-state index contributed by atoms with van der Waals surface area (Å²) in [4.78, 5) is 27.3. The molecule has 29 heavy (non-hydrogen) atoms. The summed E-state index contributed by atoms with van der Waals surface area (Å²) in [6, 6.07) is 5.90. The number of carbonyl (C=O) groups is 2. The minimum Gasteiger partial charge on any atom is -0.354 e. The molecule has 3 unspecified atom stereocenters. The number of aryl methyl sites for hydroxylation is 2. The quantitative estimate of drug-likeness (QED) is 0.658. The Hall–Kier alpha value is -1.63. The first-order valence-corrected chi connectivity index (χ1v) is 10.6. The van der Waals surface area contributed by atoms with E-state index in [0.29, 0.717) is 12.5 Å². The molecule has 0 radical (unpaired) electrons. The zero-order valence-electron chi connectivity index (χ0n) is 17.8. The third kappa shape index (κ3) is 6.43. The second-order valence-electron chi connectivity index (χ2n) is 8.38. The minimum atomic E-state index is -0.185. The van der Waals surface area contributed by atoms with E-state index in [0.717, 1.165) is 62.1 Å². The van der Waals surface area contributed by atoms with Crippen molar-refractivity contribution in [2.24, 2.45) is 5.92 Å². The number of amides is 2. The second-order valence-corrected chi connectivity index (χ2v) is 8.38. The number of hydrogen-bond donors (Lipinski definition) is 3. The van der Waals surface area contributed by atoms with Gasteiger partial charge in [-0.05, 0) is 82.7 Å². The molecule has 2 heterocycles. The molecule has 3 atom stereocenters. The monoisotopic (exact) mass is 422 g/mol. The first-order valence-electron chi connectivity index (χ1n) is 10.6. The summed E-state index contributed by atoms with van der Waals surface area (Å²) >= 11 is 0. The van der Waals surface area contributed by atoms with Gasteiger partial charge >= 0.3 is 0 Å². The van der Waals surface area contributed by atoms with Crippen LogP contribution in [0.4, 0.5) is 5.69 Å². The molecule has 2 aliphatic rings. The Labute approximate surface area is 180 Å². The van der Waals surface area contributed by atoms with E-state index >= 15 is 0 Å². The van der Waals surface area contributed by atoms with Gasteiger partial charge in [0.15, 0.2) is 0 Å². The van der Waals surface area contributed by atoms with Crippen molar-refractivity contribution in [2.75, 3.05) is 31.5 Å². The smallest absolute Gasteiger partial charge is 0.241 e. The van der Waals surface area contributed by atoms with Crippen LogP contribution >= 0.6 is 12.4 Å². The van der Waals surface area contributed by atoms with E-state index in [2.05, 4.69) is 26.9 Å². The fraction of sp³-hybridized carbons (Fsp3) is 0.636.